The van der Waals surface area contributed by atoms with Gasteiger partial charge in [-0.15, -0.1) is 0 Å². The highest BCUT2D eigenvalue weighted by Gasteiger charge is 2.03. The second-order valence-electron chi connectivity index (χ2n) is 3.35. The molecule has 0 bridgehead atoms. The van der Waals surface area contributed by atoms with Crippen LogP contribution >= 0.6 is 0 Å². The molecule has 0 heterocycles. The van der Waals surface area contributed by atoms with Gasteiger partial charge in [-0.3, -0.25) is 0 Å². The van der Waals surface area contributed by atoms with Crippen LogP contribution in [0.5, 0.6) is 0 Å². The Morgan fingerprint density at radius 2 is 2.07 bits per heavy atom. The van der Waals surface area contributed by atoms with E-state index in [-0.39, 0.29) is 0 Å². The van der Waals surface area contributed by atoms with Crippen molar-refractivity contribution < 1.29 is 0 Å². The molecule has 0 aliphatic carbocycles. The molecule has 0 saturated carbocycles. The smallest absolute Gasteiger partial charge is 0.0205 e. The van der Waals surface area contributed by atoms with Gasteiger partial charge in [-0.25, -0.2) is 0 Å². The highest BCUT2D eigenvalue weighted by atomic mass is 14.8. The quantitative estimate of drug-likeness (QED) is 0.768. The summed E-state index contributed by atoms with van der Waals surface area (Å²) in [5.74, 6) is 0. The van der Waals surface area contributed by atoms with Gasteiger partial charge in [-0.1, -0.05) is 37.3 Å². The van der Waals surface area contributed by atoms with Crippen molar-refractivity contribution in [1.82, 2.24) is 5.32 Å². The molecule has 0 atom stereocenters. The van der Waals surface area contributed by atoms with E-state index in [2.05, 4.69) is 49.5 Å². The minimum Gasteiger partial charge on any atom is -0.316 e. The van der Waals surface area contributed by atoms with E-state index < -0.39 is 0 Å². The third-order valence-corrected chi connectivity index (χ3v) is 2.46. The third kappa shape index (κ3) is 2.46. The number of hydrogen-bond donors (Lipinski definition) is 1. The van der Waals surface area contributed by atoms with Gasteiger partial charge in [0.05, 0.1) is 0 Å². The summed E-state index contributed by atoms with van der Waals surface area (Å²) in [6.45, 7) is 5.23. The van der Waals surface area contributed by atoms with E-state index in [1.165, 1.54) is 16.7 Å². The SMILES string of the molecule is C/C=C(/CNC)c1ccccc1CC. The summed E-state index contributed by atoms with van der Waals surface area (Å²) < 4.78 is 0. The number of hydrogen-bond acceptors (Lipinski definition) is 1. The molecule has 1 aromatic carbocycles. The molecule has 0 aliphatic heterocycles. The van der Waals surface area contributed by atoms with Gasteiger partial charge in [0.15, 0.2) is 0 Å². The van der Waals surface area contributed by atoms with Crippen LogP contribution in [0, 0.1) is 0 Å². The highest BCUT2D eigenvalue weighted by molar-refractivity contribution is 5.69. The van der Waals surface area contributed by atoms with Crippen molar-refractivity contribution in [3.05, 3.63) is 41.5 Å². The molecule has 0 saturated heterocycles. The molecule has 0 aliphatic rings. The first-order valence-electron chi connectivity index (χ1n) is 5.21. The number of allylic oxidation sites excluding steroid dienone is 1. The van der Waals surface area contributed by atoms with E-state index in [0.717, 1.165) is 13.0 Å². The van der Waals surface area contributed by atoms with Crippen LogP contribution in [0.15, 0.2) is 30.3 Å². The monoisotopic (exact) mass is 189 g/mol. The van der Waals surface area contributed by atoms with E-state index in [1.807, 2.05) is 7.05 Å². The average molecular weight is 189 g/mol. The number of rotatable bonds is 4. The largest absolute Gasteiger partial charge is 0.316 e. The van der Waals surface area contributed by atoms with Crippen molar-refractivity contribution in [2.75, 3.05) is 13.6 Å². The Hall–Kier alpha value is -1.08. The lowest BCUT2D eigenvalue weighted by Crippen LogP contribution is -2.10. The molecule has 0 spiro atoms. The van der Waals surface area contributed by atoms with Gasteiger partial charge >= 0.3 is 0 Å². The number of benzene rings is 1. The van der Waals surface area contributed by atoms with E-state index >= 15 is 0 Å². The fourth-order valence-electron chi connectivity index (χ4n) is 1.69. The third-order valence-electron chi connectivity index (χ3n) is 2.46. The Kier molecular flexibility index (Phi) is 4.41. The normalized spacial score (nSPS) is 11.8. The predicted molar refractivity (Wildman–Crippen MR) is 63.4 cm³/mol. The van der Waals surface area contributed by atoms with Crippen LogP contribution in [0.1, 0.15) is 25.0 Å². The van der Waals surface area contributed by atoms with Gasteiger partial charge in [0.25, 0.3) is 0 Å². The molecule has 1 heteroatoms. The van der Waals surface area contributed by atoms with Gasteiger partial charge in [0.1, 0.15) is 0 Å². The molecular formula is C13H19N. The van der Waals surface area contributed by atoms with Gasteiger partial charge in [0.2, 0.25) is 0 Å². The van der Waals surface area contributed by atoms with Gasteiger partial charge in [0, 0.05) is 6.54 Å². The van der Waals surface area contributed by atoms with Crippen LogP contribution in [0.4, 0.5) is 0 Å². The topological polar surface area (TPSA) is 12.0 Å². The maximum absolute atomic E-state index is 3.20. The molecule has 14 heavy (non-hydrogen) atoms. The Morgan fingerprint density at radius 3 is 2.64 bits per heavy atom. The van der Waals surface area contributed by atoms with Crippen molar-refractivity contribution in [3.63, 3.8) is 0 Å². The zero-order valence-corrected chi connectivity index (χ0v) is 9.30. The lowest BCUT2D eigenvalue weighted by molar-refractivity contribution is 0.927. The Bertz CT molecular complexity index is 313. The fourth-order valence-corrected chi connectivity index (χ4v) is 1.69. The molecular weight excluding hydrogens is 170 g/mol. The van der Waals surface area contributed by atoms with Gasteiger partial charge < -0.3 is 5.32 Å². The second-order valence-corrected chi connectivity index (χ2v) is 3.35. The summed E-state index contributed by atoms with van der Waals surface area (Å²) in [6.07, 6.45) is 3.28. The van der Waals surface area contributed by atoms with E-state index in [9.17, 15) is 0 Å². The van der Waals surface area contributed by atoms with Crippen LogP contribution in [-0.2, 0) is 6.42 Å². The van der Waals surface area contributed by atoms with E-state index in [4.69, 9.17) is 0 Å². The Labute approximate surface area is 86.8 Å². The van der Waals surface area contributed by atoms with Crippen molar-refractivity contribution in [2.24, 2.45) is 0 Å². The van der Waals surface area contributed by atoms with Gasteiger partial charge in [-0.2, -0.15) is 0 Å². The molecule has 0 aromatic heterocycles. The molecule has 1 aromatic rings. The van der Waals surface area contributed by atoms with Crippen LogP contribution in [0.2, 0.25) is 0 Å². The highest BCUT2D eigenvalue weighted by Crippen LogP contribution is 2.18. The zero-order valence-electron chi connectivity index (χ0n) is 9.30. The molecule has 0 unspecified atom stereocenters. The maximum atomic E-state index is 3.20. The number of aryl methyl sites for hydroxylation is 1. The minimum atomic E-state index is 0.938. The molecule has 0 radical (unpaired) electrons. The van der Waals surface area contributed by atoms with E-state index in [1.54, 1.807) is 0 Å². The molecule has 1 N–H and O–H groups in total. The number of nitrogens with one attached hydrogen (secondary N) is 1. The van der Waals surface area contributed by atoms with Crippen LogP contribution in [0.3, 0.4) is 0 Å². The first kappa shape index (κ1) is 11.0. The molecule has 76 valence electrons. The van der Waals surface area contributed by atoms with Crippen LogP contribution in [0.25, 0.3) is 5.57 Å². The molecule has 1 rings (SSSR count). The standard InChI is InChI=1S/C13H19N/c1-4-11-8-6-7-9-13(11)12(5-2)10-14-3/h5-9,14H,4,10H2,1-3H3/b12-5-. The minimum absolute atomic E-state index is 0.938. The lowest BCUT2D eigenvalue weighted by Gasteiger charge is -2.11. The summed E-state index contributed by atoms with van der Waals surface area (Å²) in [7, 11) is 1.98. The van der Waals surface area contributed by atoms with Gasteiger partial charge in [-0.05, 0) is 37.1 Å². The molecule has 0 fully saturated rings. The summed E-state index contributed by atoms with van der Waals surface area (Å²) >= 11 is 0. The van der Waals surface area contributed by atoms with Crippen LogP contribution < -0.4 is 5.32 Å². The van der Waals surface area contributed by atoms with Crippen molar-refractivity contribution in [1.29, 1.82) is 0 Å². The first-order chi connectivity index (χ1) is 6.83. The summed E-state index contributed by atoms with van der Waals surface area (Å²) in [6, 6.07) is 8.61. The van der Waals surface area contributed by atoms with E-state index in [0.29, 0.717) is 0 Å². The maximum Gasteiger partial charge on any atom is 0.0205 e. The van der Waals surface area contributed by atoms with Crippen molar-refractivity contribution in [3.8, 4) is 0 Å². The second kappa shape index (κ2) is 5.61. The number of likely N-dealkylation sites (N-methyl/N-ethyl adjacent to an activating group) is 1. The van der Waals surface area contributed by atoms with Crippen molar-refractivity contribution >= 4 is 5.57 Å². The Morgan fingerprint density at radius 1 is 1.36 bits per heavy atom. The lowest BCUT2D eigenvalue weighted by atomic mass is 9.98. The van der Waals surface area contributed by atoms with Crippen LogP contribution in [-0.4, -0.2) is 13.6 Å². The fraction of sp³-hybridized carbons (Fsp3) is 0.385. The summed E-state index contributed by atoms with van der Waals surface area (Å²) in [4.78, 5) is 0. The van der Waals surface area contributed by atoms with Crippen molar-refractivity contribution in [2.45, 2.75) is 20.3 Å². The summed E-state index contributed by atoms with van der Waals surface area (Å²) in [5.41, 5.74) is 4.19. The Balaban J connectivity index is 3.03. The zero-order chi connectivity index (χ0) is 10.4. The molecule has 0 amide bonds. The molecule has 1 nitrogen and oxygen atoms in total. The first-order valence-corrected chi connectivity index (χ1v) is 5.21. The predicted octanol–water partition coefficient (Wildman–Crippen LogP) is 2.87. The summed E-state index contributed by atoms with van der Waals surface area (Å²) in [5, 5.41) is 3.20. The average Bonchev–Trinajstić information content (AvgIpc) is 2.26.